The van der Waals surface area contributed by atoms with Crippen molar-refractivity contribution in [1.82, 2.24) is 14.8 Å². The second-order valence-corrected chi connectivity index (χ2v) is 6.69. The first-order valence-electron chi connectivity index (χ1n) is 7.18. The van der Waals surface area contributed by atoms with Crippen molar-refractivity contribution in [2.75, 3.05) is 5.32 Å². The van der Waals surface area contributed by atoms with Gasteiger partial charge in [-0.25, -0.2) is 4.98 Å². The summed E-state index contributed by atoms with van der Waals surface area (Å²) in [5, 5.41) is 7.68. The Morgan fingerprint density at radius 2 is 2.09 bits per heavy atom. The average molecular weight is 314 g/mol. The van der Waals surface area contributed by atoms with Gasteiger partial charge < -0.3 is 0 Å². The monoisotopic (exact) mass is 314 g/mol. The molecule has 1 N–H and O–H groups in total. The maximum Gasteiger partial charge on any atom is 0.275 e. The molecule has 5 nitrogen and oxygen atoms in total. The number of fused-ring (bicyclic) bond motifs is 1. The molecule has 0 saturated carbocycles. The SMILES string of the molecule is Cc1cc(C)c2nc(NC(=O)c3ccnn3C(C)C)sc2c1. The van der Waals surface area contributed by atoms with Crippen LogP contribution in [0.3, 0.4) is 0 Å². The molecule has 0 bridgehead atoms. The van der Waals surface area contributed by atoms with E-state index < -0.39 is 0 Å². The van der Waals surface area contributed by atoms with Crippen molar-refractivity contribution < 1.29 is 4.79 Å². The van der Waals surface area contributed by atoms with E-state index in [1.54, 1.807) is 16.9 Å². The van der Waals surface area contributed by atoms with Gasteiger partial charge in [-0.3, -0.25) is 14.8 Å². The lowest BCUT2D eigenvalue weighted by Gasteiger charge is -2.09. The smallest absolute Gasteiger partial charge is 0.275 e. The number of aryl methyl sites for hydroxylation is 2. The molecule has 0 spiro atoms. The number of nitrogens with one attached hydrogen (secondary N) is 1. The van der Waals surface area contributed by atoms with Gasteiger partial charge in [-0.2, -0.15) is 5.10 Å². The van der Waals surface area contributed by atoms with Gasteiger partial charge in [-0.05, 0) is 51.0 Å². The van der Waals surface area contributed by atoms with Crippen LogP contribution in [0.25, 0.3) is 10.2 Å². The number of hydrogen-bond donors (Lipinski definition) is 1. The van der Waals surface area contributed by atoms with Crippen LogP contribution in [0.1, 0.15) is 41.5 Å². The first-order chi connectivity index (χ1) is 10.5. The van der Waals surface area contributed by atoms with Gasteiger partial charge >= 0.3 is 0 Å². The molecule has 1 amide bonds. The third-order valence-electron chi connectivity index (χ3n) is 3.44. The number of aromatic nitrogens is 3. The van der Waals surface area contributed by atoms with Gasteiger partial charge in [-0.15, -0.1) is 0 Å². The lowest BCUT2D eigenvalue weighted by Crippen LogP contribution is -2.18. The number of rotatable bonds is 3. The van der Waals surface area contributed by atoms with Gasteiger partial charge in [0.1, 0.15) is 5.69 Å². The number of thiazole rings is 1. The van der Waals surface area contributed by atoms with Crippen molar-refractivity contribution in [2.24, 2.45) is 0 Å². The second kappa shape index (κ2) is 5.53. The maximum atomic E-state index is 12.4. The molecule has 3 rings (SSSR count). The van der Waals surface area contributed by atoms with E-state index in [9.17, 15) is 4.79 Å². The summed E-state index contributed by atoms with van der Waals surface area (Å²) < 4.78 is 2.79. The highest BCUT2D eigenvalue weighted by molar-refractivity contribution is 7.22. The first-order valence-corrected chi connectivity index (χ1v) is 8.00. The molecule has 1 aromatic carbocycles. The van der Waals surface area contributed by atoms with E-state index in [-0.39, 0.29) is 11.9 Å². The first kappa shape index (κ1) is 14.7. The molecule has 0 aliphatic heterocycles. The van der Waals surface area contributed by atoms with Gasteiger partial charge in [0.05, 0.1) is 10.2 Å². The fraction of sp³-hybridized carbons (Fsp3) is 0.312. The third-order valence-corrected chi connectivity index (χ3v) is 4.36. The normalized spacial score (nSPS) is 11.3. The van der Waals surface area contributed by atoms with E-state index in [1.807, 2.05) is 20.8 Å². The predicted octanol–water partition coefficient (Wildman–Crippen LogP) is 3.94. The Hall–Kier alpha value is -2.21. The highest BCUT2D eigenvalue weighted by Gasteiger charge is 2.16. The summed E-state index contributed by atoms with van der Waals surface area (Å²) in [6, 6.07) is 6.05. The zero-order chi connectivity index (χ0) is 15.9. The summed E-state index contributed by atoms with van der Waals surface area (Å²) in [4.78, 5) is 17.0. The number of amides is 1. The van der Waals surface area contributed by atoms with E-state index in [0.29, 0.717) is 10.8 Å². The van der Waals surface area contributed by atoms with E-state index in [4.69, 9.17) is 0 Å². The quantitative estimate of drug-likeness (QED) is 0.796. The molecule has 0 aliphatic rings. The molecule has 0 unspecified atom stereocenters. The van der Waals surface area contributed by atoms with Gasteiger partial charge in [0, 0.05) is 12.2 Å². The Balaban J connectivity index is 1.91. The number of anilines is 1. The van der Waals surface area contributed by atoms with Crippen LogP contribution in [-0.4, -0.2) is 20.7 Å². The van der Waals surface area contributed by atoms with Gasteiger partial charge in [0.25, 0.3) is 5.91 Å². The highest BCUT2D eigenvalue weighted by Crippen LogP contribution is 2.29. The lowest BCUT2D eigenvalue weighted by atomic mass is 10.1. The van der Waals surface area contributed by atoms with Crippen LogP contribution < -0.4 is 5.32 Å². The average Bonchev–Trinajstić information content (AvgIpc) is 3.04. The molecule has 0 atom stereocenters. The van der Waals surface area contributed by atoms with Crippen molar-refractivity contribution in [3.63, 3.8) is 0 Å². The van der Waals surface area contributed by atoms with Crippen molar-refractivity contribution in [3.05, 3.63) is 41.2 Å². The molecule has 3 aromatic rings. The fourth-order valence-electron chi connectivity index (χ4n) is 2.49. The van der Waals surface area contributed by atoms with E-state index in [2.05, 4.69) is 34.5 Å². The number of benzene rings is 1. The van der Waals surface area contributed by atoms with E-state index >= 15 is 0 Å². The lowest BCUT2D eigenvalue weighted by molar-refractivity contribution is 0.101. The maximum absolute atomic E-state index is 12.4. The number of carbonyl (C=O) groups is 1. The van der Waals surface area contributed by atoms with Crippen LogP contribution in [0.5, 0.6) is 0 Å². The standard InChI is InChI=1S/C16H18N4OS/c1-9(2)20-12(5-6-17-20)15(21)19-16-18-14-11(4)7-10(3)8-13(14)22-16/h5-9H,1-4H3,(H,18,19,21). The summed E-state index contributed by atoms with van der Waals surface area (Å²) >= 11 is 1.49. The van der Waals surface area contributed by atoms with Crippen molar-refractivity contribution in [2.45, 2.75) is 33.7 Å². The summed E-state index contributed by atoms with van der Waals surface area (Å²) in [7, 11) is 0. The summed E-state index contributed by atoms with van der Waals surface area (Å²) in [6.45, 7) is 8.08. The molecular formula is C16H18N4OS. The Morgan fingerprint density at radius 1 is 1.32 bits per heavy atom. The fourth-order valence-corrected chi connectivity index (χ4v) is 3.53. The van der Waals surface area contributed by atoms with Crippen LogP contribution in [0.15, 0.2) is 24.4 Å². The number of nitrogens with zero attached hydrogens (tertiary/aromatic N) is 3. The van der Waals surface area contributed by atoms with Crippen LogP contribution in [0, 0.1) is 13.8 Å². The van der Waals surface area contributed by atoms with Crippen molar-refractivity contribution >= 4 is 32.6 Å². The Bertz CT molecular complexity index is 847. The van der Waals surface area contributed by atoms with Crippen molar-refractivity contribution in [3.8, 4) is 0 Å². The van der Waals surface area contributed by atoms with Crippen LogP contribution in [-0.2, 0) is 0 Å². The largest absolute Gasteiger partial charge is 0.296 e. The minimum absolute atomic E-state index is 0.135. The zero-order valence-electron chi connectivity index (χ0n) is 13.0. The van der Waals surface area contributed by atoms with E-state index in [1.165, 1.54) is 16.9 Å². The molecule has 22 heavy (non-hydrogen) atoms. The summed E-state index contributed by atoms with van der Waals surface area (Å²) in [6.07, 6.45) is 1.64. The minimum atomic E-state index is -0.181. The molecule has 2 aromatic heterocycles. The third kappa shape index (κ3) is 2.62. The molecule has 114 valence electrons. The topological polar surface area (TPSA) is 59.8 Å². The molecule has 0 aliphatic carbocycles. The van der Waals surface area contributed by atoms with Crippen LogP contribution in [0.2, 0.25) is 0 Å². The highest BCUT2D eigenvalue weighted by atomic mass is 32.1. The summed E-state index contributed by atoms with van der Waals surface area (Å²) in [5.74, 6) is -0.181. The predicted molar refractivity (Wildman–Crippen MR) is 89.7 cm³/mol. The molecular weight excluding hydrogens is 296 g/mol. The van der Waals surface area contributed by atoms with Crippen molar-refractivity contribution in [1.29, 1.82) is 0 Å². The van der Waals surface area contributed by atoms with Gasteiger partial charge in [0.2, 0.25) is 0 Å². The van der Waals surface area contributed by atoms with Crippen LogP contribution in [0.4, 0.5) is 5.13 Å². The molecule has 6 heteroatoms. The van der Waals surface area contributed by atoms with E-state index in [0.717, 1.165) is 15.8 Å². The summed E-state index contributed by atoms with van der Waals surface area (Å²) in [5.41, 5.74) is 3.81. The minimum Gasteiger partial charge on any atom is -0.296 e. The Kier molecular flexibility index (Phi) is 3.70. The molecule has 2 heterocycles. The number of hydrogen-bond acceptors (Lipinski definition) is 4. The second-order valence-electron chi connectivity index (χ2n) is 5.66. The Labute approximate surface area is 133 Å². The van der Waals surface area contributed by atoms with Crippen LogP contribution >= 0.6 is 11.3 Å². The molecule has 0 saturated heterocycles. The van der Waals surface area contributed by atoms with Gasteiger partial charge in [0.15, 0.2) is 5.13 Å². The van der Waals surface area contributed by atoms with Gasteiger partial charge in [-0.1, -0.05) is 17.4 Å². The zero-order valence-corrected chi connectivity index (χ0v) is 13.9. The Morgan fingerprint density at radius 3 is 2.82 bits per heavy atom. The molecule has 0 fully saturated rings. The number of carbonyl (C=O) groups excluding carboxylic acids is 1. The molecule has 0 radical (unpaired) electrons.